The Bertz CT molecular complexity index is 1890. The van der Waals surface area contributed by atoms with Gasteiger partial charge in [0.05, 0.1) is 13.2 Å². The van der Waals surface area contributed by atoms with E-state index in [1.807, 2.05) is 12.1 Å². The minimum Gasteiger partial charge on any atom is -0.494 e. The van der Waals surface area contributed by atoms with E-state index in [2.05, 4.69) is 61.6 Å². The molecule has 316 valence electrons. The number of hydrogen-bond donors (Lipinski definition) is 0. The van der Waals surface area contributed by atoms with Crippen LogP contribution in [0.5, 0.6) is 11.5 Å². The minimum atomic E-state index is -2.37. The van der Waals surface area contributed by atoms with Crippen LogP contribution in [-0.4, -0.2) is 44.6 Å². The Morgan fingerprint density at radius 3 is 1.37 bits per heavy atom. The highest BCUT2D eigenvalue weighted by Gasteiger charge is 2.41. The minimum absolute atomic E-state index is 0.195. The number of rotatable bonds is 22. The largest absolute Gasteiger partial charge is 0.494 e. The Hall–Kier alpha value is -3.87. The van der Waals surface area contributed by atoms with E-state index in [1.54, 1.807) is 38.5 Å². The lowest BCUT2D eigenvalue weighted by molar-refractivity contribution is 0.237. The molecular formula is C50H64F2O5Si2. The van der Waals surface area contributed by atoms with Gasteiger partial charge in [0.15, 0.2) is 0 Å². The number of fused-ring (bicyclic) bond motifs is 2. The van der Waals surface area contributed by atoms with Crippen molar-refractivity contribution in [3.05, 3.63) is 130 Å². The SMILES string of the molecule is CO[Si](C)(CCCCCCOc1ccc2c(c1)C=C(c1cccc(F)c1)CCC2)O[Si](C)(CCCCCCOc1ccc2c(c1)C=C(c1cccc(F)c1)CCC2)OC. The highest BCUT2D eigenvalue weighted by atomic mass is 28.5. The maximum Gasteiger partial charge on any atom is 0.325 e. The van der Waals surface area contributed by atoms with Crippen LogP contribution in [0.25, 0.3) is 23.3 Å². The van der Waals surface area contributed by atoms with Crippen molar-refractivity contribution in [3.8, 4) is 11.5 Å². The van der Waals surface area contributed by atoms with Gasteiger partial charge in [-0.1, -0.05) is 87.1 Å². The molecule has 0 amide bonds. The van der Waals surface area contributed by atoms with E-state index in [0.717, 1.165) is 125 Å². The molecule has 0 fully saturated rings. The summed E-state index contributed by atoms with van der Waals surface area (Å²) in [6.45, 7) is 5.73. The molecule has 0 aliphatic heterocycles. The van der Waals surface area contributed by atoms with E-state index in [4.69, 9.17) is 22.4 Å². The molecule has 0 heterocycles. The first-order chi connectivity index (χ1) is 28.6. The third-order valence-corrected chi connectivity index (χ3v) is 19.7. The molecule has 0 radical (unpaired) electrons. The molecule has 6 rings (SSSR count). The second-order valence-corrected chi connectivity index (χ2v) is 23.8. The van der Waals surface area contributed by atoms with Gasteiger partial charge in [0.25, 0.3) is 0 Å². The number of allylic oxidation sites excluding steroid dienone is 2. The second-order valence-electron chi connectivity index (χ2n) is 16.6. The third-order valence-electron chi connectivity index (χ3n) is 12.0. The molecule has 0 spiro atoms. The van der Waals surface area contributed by atoms with Crippen LogP contribution in [0.15, 0.2) is 84.9 Å². The molecular weight excluding hydrogens is 775 g/mol. The Morgan fingerprint density at radius 1 is 0.508 bits per heavy atom. The molecule has 0 N–H and O–H groups in total. The van der Waals surface area contributed by atoms with Gasteiger partial charge in [-0.15, -0.1) is 0 Å². The summed E-state index contributed by atoms with van der Waals surface area (Å²) < 4.78 is 59.2. The highest BCUT2D eigenvalue weighted by Crippen LogP contribution is 2.34. The van der Waals surface area contributed by atoms with Crippen molar-refractivity contribution >= 4 is 40.4 Å². The maximum absolute atomic E-state index is 13.9. The van der Waals surface area contributed by atoms with E-state index < -0.39 is 17.1 Å². The summed E-state index contributed by atoms with van der Waals surface area (Å²) >= 11 is 0. The molecule has 2 aliphatic carbocycles. The lowest BCUT2D eigenvalue weighted by atomic mass is 10.0. The lowest BCUT2D eigenvalue weighted by Gasteiger charge is -2.35. The van der Waals surface area contributed by atoms with Gasteiger partial charge in [0.2, 0.25) is 0 Å². The first kappa shape index (κ1) is 44.7. The zero-order chi connectivity index (χ0) is 41.5. The zero-order valence-corrected chi connectivity index (χ0v) is 37.8. The molecule has 0 saturated carbocycles. The summed E-state index contributed by atoms with van der Waals surface area (Å²) in [5, 5.41) is 0. The van der Waals surface area contributed by atoms with E-state index in [-0.39, 0.29) is 11.6 Å². The first-order valence-corrected chi connectivity index (χ1v) is 26.9. The summed E-state index contributed by atoms with van der Waals surface area (Å²) in [7, 11) is -1.15. The average molecular weight is 839 g/mol. The molecule has 0 saturated heterocycles. The van der Waals surface area contributed by atoms with Crippen molar-refractivity contribution in [1.82, 2.24) is 0 Å². The number of halogens is 2. The van der Waals surface area contributed by atoms with E-state index in [1.165, 1.54) is 45.5 Å². The number of benzene rings is 4. The topological polar surface area (TPSA) is 46.2 Å². The molecule has 4 aromatic rings. The molecule has 59 heavy (non-hydrogen) atoms. The van der Waals surface area contributed by atoms with Crippen LogP contribution < -0.4 is 9.47 Å². The lowest BCUT2D eigenvalue weighted by Crippen LogP contribution is -2.51. The fraction of sp³-hybridized carbons (Fsp3) is 0.440. The van der Waals surface area contributed by atoms with E-state index in [9.17, 15) is 8.78 Å². The second kappa shape index (κ2) is 22.1. The van der Waals surface area contributed by atoms with Crippen molar-refractivity contribution in [2.45, 2.75) is 115 Å². The fourth-order valence-electron chi connectivity index (χ4n) is 8.37. The van der Waals surface area contributed by atoms with Gasteiger partial charge in [-0.2, -0.15) is 0 Å². The molecule has 0 aromatic heterocycles. The molecule has 9 heteroatoms. The van der Waals surface area contributed by atoms with Crippen molar-refractivity contribution < 1.29 is 31.2 Å². The Morgan fingerprint density at radius 2 is 0.949 bits per heavy atom. The Kier molecular flexibility index (Phi) is 16.7. The van der Waals surface area contributed by atoms with Crippen LogP contribution in [-0.2, 0) is 25.8 Å². The monoisotopic (exact) mass is 838 g/mol. The highest BCUT2D eigenvalue weighted by molar-refractivity contribution is 6.80. The van der Waals surface area contributed by atoms with Gasteiger partial charge in [0.1, 0.15) is 23.1 Å². The van der Waals surface area contributed by atoms with Crippen molar-refractivity contribution in [1.29, 1.82) is 0 Å². The molecule has 4 aromatic carbocycles. The van der Waals surface area contributed by atoms with Crippen molar-refractivity contribution in [3.63, 3.8) is 0 Å². The molecule has 2 aliphatic rings. The molecule has 0 bridgehead atoms. The third kappa shape index (κ3) is 13.6. The number of aryl methyl sites for hydroxylation is 2. The van der Waals surface area contributed by atoms with Crippen LogP contribution in [0, 0.1) is 11.6 Å². The maximum atomic E-state index is 13.9. The summed E-state index contributed by atoms with van der Waals surface area (Å²) in [6, 6.07) is 28.5. The predicted molar refractivity (Wildman–Crippen MR) is 243 cm³/mol. The standard InChI is InChI=1S/C50H64F2O5Si2/c1-53-58(3,31-11-7-5-9-29-55-49-27-25-39-17-13-19-41(33-45(39)37-49)43-21-15-23-47(51)35-43)57-59(4,54-2)32-12-8-6-10-30-56-50-28-26-40-18-14-20-42(34-46(40)38-50)44-22-16-24-48(52)36-44/h15-16,21-28,33-38H,5-14,17-20,29-32H2,1-4H3. The summed E-state index contributed by atoms with van der Waals surface area (Å²) in [4.78, 5) is 0. The summed E-state index contributed by atoms with van der Waals surface area (Å²) in [6.07, 6.45) is 18.9. The van der Waals surface area contributed by atoms with Crippen LogP contribution in [0.1, 0.15) is 110 Å². The zero-order valence-electron chi connectivity index (χ0n) is 35.8. The first-order valence-electron chi connectivity index (χ1n) is 21.9. The van der Waals surface area contributed by atoms with Gasteiger partial charge in [-0.3, -0.25) is 0 Å². The van der Waals surface area contributed by atoms with Gasteiger partial charge in [-0.05, 0) is 170 Å². The van der Waals surface area contributed by atoms with Crippen molar-refractivity contribution in [2.24, 2.45) is 0 Å². The molecule has 5 nitrogen and oxygen atoms in total. The molecule has 2 unspecified atom stereocenters. The van der Waals surface area contributed by atoms with Crippen molar-refractivity contribution in [2.75, 3.05) is 27.4 Å². The van der Waals surface area contributed by atoms with Crippen LogP contribution in [0.4, 0.5) is 8.78 Å². The van der Waals surface area contributed by atoms with Crippen LogP contribution >= 0.6 is 0 Å². The Labute approximate surface area is 354 Å². The fourth-order valence-corrected chi connectivity index (χ4v) is 15.7. The van der Waals surface area contributed by atoms with Gasteiger partial charge in [0, 0.05) is 14.2 Å². The average Bonchev–Trinajstić information content (AvgIpc) is 3.59. The van der Waals surface area contributed by atoms with Gasteiger partial charge < -0.3 is 22.4 Å². The quantitative estimate of drug-likeness (QED) is 0.0583. The number of hydrogen-bond acceptors (Lipinski definition) is 5. The van der Waals surface area contributed by atoms with E-state index in [0.29, 0.717) is 13.2 Å². The van der Waals surface area contributed by atoms with Gasteiger partial charge in [-0.25, -0.2) is 8.78 Å². The summed E-state index contributed by atoms with van der Waals surface area (Å²) in [5.74, 6) is 1.39. The Balaban J connectivity index is 0.862. The van der Waals surface area contributed by atoms with E-state index >= 15 is 0 Å². The summed E-state index contributed by atoms with van der Waals surface area (Å²) in [5.41, 5.74) is 9.27. The van der Waals surface area contributed by atoms with Crippen LogP contribution in [0.2, 0.25) is 25.2 Å². The number of ether oxygens (including phenoxy) is 2. The molecule has 2 atom stereocenters. The van der Waals surface area contributed by atoms with Gasteiger partial charge >= 0.3 is 17.1 Å². The predicted octanol–water partition coefficient (Wildman–Crippen LogP) is 13.8. The smallest absolute Gasteiger partial charge is 0.325 e. The van der Waals surface area contributed by atoms with Crippen LogP contribution in [0.3, 0.4) is 0 Å². The number of unbranched alkanes of at least 4 members (excludes halogenated alkanes) is 6. The normalized spacial score (nSPS) is 16.0.